The Morgan fingerprint density at radius 1 is 1.03 bits per heavy atom. The quantitative estimate of drug-likeness (QED) is 0.433. The summed E-state index contributed by atoms with van der Waals surface area (Å²) in [7, 11) is 4.17. The van der Waals surface area contributed by atoms with E-state index in [1.807, 2.05) is 37.4 Å². The second kappa shape index (κ2) is 9.27. The van der Waals surface area contributed by atoms with Gasteiger partial charge in [0.25, 0.3) is 11.9 Å². The topological polar surface area (TPSA) is 61.6 Å². The number of carbonyl (C=O) groups is 1. The molecule has 174 valence electrons. The zero-order chi connectivity index (χ0) is 23.7. The molecule has 3 aromatic carbocycles. The number of likely N-dealkylation sites (tertiary alicyclic amines) is 1. The van der Waals surface area contributed by atoms with Gasteiger partial charge in [0, 0.05) is 24.3 Å². The maximum Gasteiger partial charge on any atom is 0.298 e. The largest absolute Gasteiger partial charge is 0.423 e. The molecule has 1 amide bonds. The average molecular weight is 459 g/mol. The highest BCUT2D eigenvalue weighted by Crippen LogP contribution is 2.28. The van der Waals surface area contributed by atoms with Gasteiger partial charge in [0.2, 0.25) is 0 Å². The lowest BCUT2D eigenvalue weighted by atomic mass is 10.0. The first-order chi connectivity index (χ1) is 16.5. The van der Waals surface area contributed by atoms with Gasteiger partial charge in [-0.25, -0.2) is 4.39 Å². The van der Waals surface area contributed by atoms with Crippen LogP contribution in [0.5, 0.6) is 0 Å². The number of hydrogen-bond donors (Lipinski definition) is 1. The maximum absolute atomic E-state index is 13.1. The summed E-state index contributed by atoms with van der Waals surface area (Å²) in [6.07, 6.45) is 2.15. The number of hydrogen-bond acceptors (Lipinski definition) is 5. The number of rotatable bonds is 5. The monoisotopic (exact) mass is 458 g/mol. The number of amides is 1. The summed E-state index contributed by atoms with van der Waals surface area (Å²) >= 11 is 0. The lowest BCUT2D eigenvalue weighted by Crippen LogP contribution is -2.42. The van der Waals surface area contributed by atoms with E-state index in [0.717, 1.165) is 37.1 Å². The van der Waals surface area contributed by atoms with Gasteiger partial charge in [-0.05, 0) is 86.6 Å². The van der Waals surface area contributed by atoms with Crippen LogP contribution in [0.1, 0.15) is 23.2 Å². The van der Waals surface area contributed by atoms with Gasteiger partial charge in [-0.1, -0.05) is 24.3 Å². The summed E-state index contributed by atoms with van der Waals surface area (Å²) in [5.74, 6) is -0.485. The standard InChI is InChI=1S/C27H27FN4O2/c1-31-15-13-23(14-16-31)32(2)27-30-24-17-22(11-12-25(24)34-27)29-26(33)20-5-3-18(4-6-20)19-7-9-21(28)10-8-19/h3-12,17,23H,13-16H2,1-2H3,(H,29,33). The molecule has 1 aliphatic rings. The Hall–Kier alpha value is -3.71. The second-order valence-corrected chi connectivity index (χ2v) is 8.86. The Labute approximate surface area is 198 Å². The van der Waals surface area contributed by atoms with Crippen molar-refractivity contribution in [1.29, 1.82) is 0 Å². The van der Waals surface area contributed by atoms with Crippen molar-refractivity contribution in [3.8, 4) is 11.1 Å². The molecule has 4 aromatic rings. The molecular formula is C27H27FN4O2. The molecule has 6 nitrogen and oxygen atoms in total. The highest BCUT2D eigenvalue weighted by Gasteiger charge is 2.24. The molecule has 0 bridgehead atoms. The number of aromatic nitrogens is 1. The van der Waals surface area contributed by atoms with Crippen molar-refractivity contribution in [3.05, 3.63) is 78.1 Å². The third kappa shape index (κ3) is 4.65. The van der Waals surface area contributed by atoms with E-state index in [2.05, 4.69) is 27.1 Å². The first-order valence-corrected chi connectivity index (χ1v) is 11.5. The highest BCUT2D eigenvalue weighted by molar-refractivity contribution is 6.05. The van der Waals surface area contributed by atoms with Crippen molar-refractivity contribution in [3.63, 3.8) is 0 Å². The van der Waals surface area contributed by atoms with Gasteiger partial charge in [0.15, 0.2) is 5.58 Å². The minimum atomic E-state index is -0.274. The van der Waals surface area contributed by atoms with E-state index in [1.54, 1.807) is 24.3 Å². The molecule has 0 radical (unpaired) electrons. The Bertz CT molecular complexity index is 1290. The Balaban J connectivity index is 1.28. The van der Waals surface area contributed by atoms with Crippen LogP contribution in [0.4, 0.5) is 16.1 Å². The fraction of sp³-hybridized carbons (Fsp3) is 0.259. The molecule has 0 aliphatic carbocycles. The van der Waals surface area contributed by atoms with Crippen LogP contribution in [0.3, 0.4) is 0 Å². The van der Waals surface area contributed by atoms with E-state index in [4.69, 9.17) is 4.42 Å². The molecule has 1 aromatic heterocycles. The summed E-state index contributed by atoms with van der Waals surface area (Å²) in [5.41, 5.74) is 4.40. The van der Waals surface area contributed by atoms with Crippen molar-refractivity contribution >= 4 is 28.7 Å². The molecule has 0 saturated carbocycles. The molecule has 7 heteroatoms. The number of piperidine rings is 1. The van der Waals surface area contributed by atoms with Gasteiger partial charge in [-0.15, -0.1) is 0 Å². The number of halogens is 1. The smallest absolute Gasteiger partial charge is 0.298 e. The molecule has 0 unspecified atom stereocenters. The number of fused-ring (bicyclic) bond motifs is 1. The number of nitrogens with one attached hydrogen (secondary N) is 1. The van der Waals surface area contributed by atoms with Gasteiger partial charge in [-0.3, -0.25) is 4.79 Å². The molecule has 1 fully saturated rings. The van der Waals surface area contributed by atoms with E-state index in [9.17, 15) is 9.18 Å². The Morgan fingerprint density at radius 3 is 2.35 bits per heavy atom. The number of anilines is 2. The van der Waals surface area contributed by atoms with E-state index in [0.29, 0.717) is 34.4 Å². The molecule has 2 heterocycles. The molecule has 1 aliphatic heterocycles. The van der Waals surface area contributed by atoms with Gasteiger partial charge < -0.3 is 19.5 Å². The number of oxazole rings is 1. The molecule has 0 atom stereocenters. The number of nitrogens with zero attached hydrogens (tertiary/aromatic N) is 3. The number of benzene rings is 3. The molecule has 34 heavy (non-hydrogen) atoms. The first kappa shape index (κ1) is 22.1. The van der Waals surface area contributed by atoms with Crippen LogP contribution in [-0.4, -0.2) is 49.0 Å². The van der Waals surface area contributed by atoms with Crippen LogP contribution >= 0.6 is 0 Å². The van der Waals surface area contributed by atoms with Crippen molar-refractivity contribution in [2.75, 3.05) is 37.4 Å². The molecular weight excluding hydrogens is 431 g/mol. The average Bonchev–Trinajstić information content (AvgIpc) is 3.28. The molecule has 1 N–H and O–H groups in total. The summed E-state index contributed by atoms with van der Waals surface area (Å²) in [6.45, 7) is 2.13. The normalized spacial score (nSPS) is 14.9. The fourth-order valence-electron chi connectivity index (χ4n) is 4.34. The van der Waals surface area contributed by atoms with E-state index in [1.165, 1.54) is 12.1 Å². The van der Waals surface area contributed by atoms with Gasteiger partial charge in [0.1, 0.15) is 11.3 Å². The summed E-state index contributed by atoms with van der Waals surface area (Å²) < 4.78 is 19.1. The predicted octanol–water partition coefficient (Wildman–Crippen LogP) is 5.42. The SMILES string of the molecule is CN1CCC(N(C)c2nc3cc(NC(=O)c4ccc(-c5ccc(F)cc5)cc4)ccc3o2)CC1. The van der Waals surface area contributed by atoms with Crippen molar-refractivity contribution in [2.45, 2.75) is 18.9 Å². The number of carbonyl (C=O) groups excluding carboxylic acids is 1. The van der Waals surface area contributed by atoms with Crippen LogP contribution < -0.4 is 10.2 Å². The van der Waals surface area contributed by atoms with E-state index in [-0.39, 0.29) is 11.7 Å². The van der Waals surface area contributed by atoms with Gasteiger partial charge in [-0.2, -0.15) is 4.98 Å². The first-order valence-electron chi connectivity index (χ1n) is 11.5. The van der Waals surface area contributed by atoms with E-state index >= 15 is 0 Å². The predicted molar refractivity (Wildman–Crippen MR) is 133 cm³/mol. The Kier molecular flexibility index (Phi) is 6.02. The fourth-order valence-corrected chi connectivity index (χ4v) is 4.34. The molecule has 1 saturated heterocycles. The van der Waals surface area contributed by atoms with Gasteiger partial charge in [0.05, 0.1) is 0 Å². The van der Waals surface area contributed by atoms with Gasteiger partial charge >= 0.3 is 0 Å². The minimum Gasteiger partial charge on any atom is -0.423 e. The van der Waals surface area contributed by atoms with Crippen LogP contribution in [0, 0.1) is 5.82 Å². The zero-order valence-corrected chi connectivity index (χ0v) is 19.3. The zero-order valence-electron chi connectivity index (χ0n) is 19.3. The van der Waals surface area contributed by atoms with Crippen molar-refractivity contribution in [1.82, 2.24) is 9.88 Å². The van der Waals surface area contributed by atoms with Crippen LogP contribution in [0.15, 0.2) is 71.1 Å². The third-order valence-corrected chi connectivity index (χ3v) is 6.50. The van der Waals surface area contributed by atoms with Crippen LogP contribution in [-0.2, 0) is 0 Å². The molecule has 5 rings (SSSR count). The highest BCUT2D eigenvalue weighted by atomic mass is 19.1. The minimum absolute atomic E-state index is 0.211. The Morgan fingerprint density at radius 2 is 1.68 bits per heavy atom. The van der Waals surface area contributed by atoms with Crippen molar-refractivity contribution in [2.24, 2.45) is 0 Å². The lowest BCUT2D eigenvalue weighted by Gasteiger charge is -2.34. The third-order valence-electron chi connectivity index (χ3n) is 6.50. The summed E-state index contributed by atoms with van der Waals surface area (Å²) in [6, 6.07) is 20.0. The molecule has 0 spiro atoms. The second-order valence-electron chi connectivity index (χ2n) is 8.86. The summed E-state index contributed by atoms with van der Waals surface area (Å²) in [4.78, 5) is 21.9. The lowest BCUT2D eigenvalue weighted by molar-refractivity contribution is 0.102. The van der Waals surface area contributed by atoms with E-state index < -0.39 is 0 Å². The maximum atomic E-state index is 13.1. The van der Waals surface area contributed by atoms with Crippen molar-refractivity contribution < 1.29 is 13.6 Å². The summed E-state index contributed by atoms with van der Waals surface area (Å²) in [5, 5.41) is 2.93. The van der Waals surface area contributed by atoms with Crippen LogP contribution in [0.2, 0.25) is 0 Å². The van der Waals surface area contributed by atoms with Crippen LogP contribution in [0.25, 0.3) is 22.2 Å².